The Kier molecular flexibility index (Phi) is 14.8. The van der Waals surface area contributed by atoms with E-state index >= 15 is 0 Å². The van der Waals surface area contributed by atoms with Gasteiger partial charge < -0.3 is 9.95 Å². The third-order valence-corrected chi connectivity index (χ3v) is 11.3. The van der Waals surface area contributed by atoms with Gasteiger partial charge in [-0.25, -0.2) is 6.57 Å². The Hall–Kier alpha value is -3.62. The van der Waals surface area contributed by atoms with Gasteiger partial charge in [0.15, 0.2) is 5.78 Å². The predicted octanol–water partition coefficient (Wildman–Crippen LogP) is 13.5. The van der Waals surface area contributed by atoms with E-state index in [9.17, 15) is 9.90 Å². The van der Waals surface area contributed by atoms with Crippen molar-refractivity contribution < 1.29 is 30.0 Å². The van der Waals surface area contributed by atoms with Gasteiger partial charge in [-0.2, -0.15) is 0 Å². The summed E-state index contributed by atoms with van der Waals surface area (Å²) in [6, 6.07) is 23.2. The molecule has 52 heavy (non-hydrogen) atoms. The average Bonchev–Trinajstić information content (AvgIpc) is 3.52. The van der Waals surface area contributed by atoms with E-state index in [-0.39, 0.29) is 48.9 Å². The van der Waals surface area contributed by atoms with Gasteiger partial charge in [-0.05, 0) is 91.3 Å². The second kappa shape index (κ2) is 17.9. The zero-order valence-corrected chi connectivity index (χ0v) is 36.0. The fourth-order valence-electron chi connectivity index (χ4n) is 6.81. The van der Waals surface area contributed by atoms with Gasteiger partial charge in [0.25, 0.3) is 5.54 Å². The van der Waals surface area contributed by atoms with Crippen LogP contribution in [0.3, 0.4) is 0 Å². The van der Waals surface area contributed by atoms with Crippen molar-refractivity contribution in [1.82, 2.24) is 4.98 Å². The number of rotatable bonds is 10. The first kappa shape index (κ1) is 42.8. The number of aryl methyl sites for hydroxylation is 2. The van der Waals surface area contributed by atoms with Gasteiger partial charge in [0.1, 0.15) is 0 Å². The van der Waals surface area contributed by atoms with Crippen molar-refractivity contribution in [3.8, 4) is 21.7 Å². The molecule has 0 amide bonds. The topological polar surface area (TPSA) is 54.5 Å². The number of nitrogens with zero attached hydrogens (tertiary/aromatic N) is 2. The summed E-state index contributed by atoms with van der Waals surface area (Å²) in [6.45, 7) is 30.7. The Morgan fingerprint density at radius 2 is 1.52 bits per heavy atom. The first-order chi connectivity index (χ1) is 24.1. The number of thiophene rings is 1. The quantitative estimate of drug-likeness (QED) is 0.0863. The first-order valence-electron chi connectivity index (χ1n) is 18.4. The van der Waals surface area contributed by atoms with Gasteiger partial charge in [0, 0.05) is 78.9 Å². The van der Waals surface area contributed by atoms with Gasteiger partial charge in [-0.15, -0.1) is 40.5 Å². The number of ketones is 1. The third-order valence-electron chi connectivity index (χ3n) is 10.1. The molecule has 0 atom stereocenters. The average molecular weight is 892 g/mol. The van der Waals surface area contributed by atoms with Crippen molar-refractivity contribution in [2.75, 3.05) is 0 Å². The molecule has 0 unspecified atom stereocenters. The van der Waals surface area contributed by atoms with Crippen LogP contribution in [0.4, 0.5) is 0 Å². The molecule has 6 heteroatoms. The number of pyridine rings is 1. The number of aliphatic hydroxyl groups is 1. The molecule has 3 aromatic carbocycles. The van der Waals surface area contributed by atoms with Gasteiger partial charge in [0.05, 0.1) is 5.76 Å². The standard InChI is InChI=1S/C33H31N2S.C13H24O2.Ir/c1-20-15-25(33(6,7)34-8)16-21(2)29(20)28-19-23-13-14-35-30(31(23)36-28)24-17-22-11-9-10-12-26(22)27(18-24)32(3,4)5;1-5-10(6-2)12(14)9-13(15)11(7-3)8-4;/h9-16,18-19H,1-7H3;9-11,14H,5-8H2,1-4H3;/q-1;;/b;12-9-;. The van der Waals surface area contributed by atoms with Crippen LogP contribution in [0.1, 0.15) is 110 Å². The minimum absolute atomic E-state index is 0. The smallest absolute Gasteiger partial charge is 0.252 e. The number of allylic oxidation sites excluding steroid dienone is 2. The Bertz CT molecular complexity index is 2060. The second-order valence-corrected chi connectivity index (χ2v) is 16.3. The molecule has 0 aliphatic heterocycles. The fourth-order valence-corrected chi connectivity index (χ4v) is 8.14. The molecule has 0 fully saturated rings. The van der Waals surface area contributed by atoms with Crippen LogP contribution in [0.5, 0.6) is 0 Å². The maximum atomic E-state index is 11.7. The summed E-state index contributed by atoms with van der Waals surface area (Å²) in [7, 11) is 0. The number of aliphatic hydroxyl groups excluding tert-OH is 1. The van der Waals surface area contributed by atoms with Crippen LogP contribution in [0, 0.1) is 38.3 Å². The molecule has 0 spiro atoms. The van der Waals surface area contributed by atoms with Crippen molar-refractivity contribution in [3.05, 3.63) is 112 Å². The molecule has 1 radical (unpaired) electrons. The molecular formula is C46H55IrN2O2S-. The molecule has 0 saturated carbocycles. The summed E-state index contributed by atoms with van der Waals surface area (Å²) in [4.78, 5) is 21.7. The molecule has 2 aromatic heterocycles. The molecule has 1 N–H and O–H groups in total. The molecule has 5 aromatic rings. The number of carbonyl (C=O) groups is 1. The van der Waals surface area contributed by atoms with E-state index in [1.165, 1.54) is 48.7 Å². The molecule has 0 saturated heterocycles. The summed E-state index contributed by atoms with van der Waals surface area (Å²) < 4.78 is 1.18. The van der Waals surface area contributed by atoms with E-state index < -0.39 is 5.54 Å². The van der Waals surface area contributed by atoms with Crippen LogP contribution in [0.2, 0.25) is 0 Å². The zero-order chi connectivity index (χ0) is 37.7. The van der Waals surface area contributed by atoms with E-state index in [1.807, 2.05) is 47.7 Å². The van der Waals surface area contributed by atoms with Crippen LogP contribution >= 0.6 is 11.3 Å². The van der Waals surface area contributed by atoms with Crippen molar-refractivity contribution in [3.63, 3.8) is 0 Å². The van der Waals surface area contributed by atoms with E-state index in [4.69, 9.17) is 11.6 Å². The number of carbonyl (C=O) groups excluding carboxylic acids is 1. The van der Waals surface area contributed by atoms with Crippen molar-refractivity contribution in [2.45, 2.75) is 113 Å². The summed E-state index contributed by atoms with van der Waals surface area (Å²) >= 11 is 1.80. The summed E-state index contributed by atoms with van der Waals surface area (Å²) in [5, 5.41) is 13.3. The van der Waals surface area contributed by atoms with E-state index in [1.54, 1.807) is 11.3 Å². The van der Waals surface area contributed by atoms with Crippen molar-refractivity contribution in [2.24, 2.45) is 11.8 Å². The maximum absolute atomic E-state index is 11.7. The molecule has 277 valence electrons. The van der Waals surface area contributed by atoms with E-state index in [0.717, 1.165) is 47.9 Å². The Labute approximate surface area is 330 Å². The normalized spacial score (nSPS) is 12.1. The molecule has 2 heterocycles. The van der Waals surface area contributed by atoms with Crippen LogP contribution in [-0.4, -0.2) is 15.9 Å². The van der Waals surface area contributed by atoms with Crippen molar-refractivity contribution >= 4 is 38.0 Å². The first-order valence-corrected chi connectivity index (χ1v) is 19.2. The van der Waals surface area contributed by atoms with Crippen molar-refractivity contribution in [1.29, 1.82) is 0 Å². The van der Waals surface area contributed by atoms with E-state index in [2.05, 4.69) is 100 Å². The molecular weight excluding hydrogens is 837 g/mol. The molecule has 5 rings (SSSR count). The molecule has 4 nitrogen and oxygen atoms in total. The van der Waals surface area contributed by atoms with Gasteiger partial charge >= 0.3 is 0 Å². The Morgan fingerprint density at radius 1 is 0.923 bits per heavy atom. The van der Waals surface area contributed by atoms with Crippen LogP contribution < -0.4 is 0 Å². The monoisotopic (exact) mass is 892 g/mol. The Balaban J connectivity index is 0.000000389. The van der Waals surface area contributed by atoms with Gasteiger partial charge in [-0.3, -0.25) is 9.78 Å². The second-order valence-electron chi connectivity index (χ2n) is 15.2. The van der Waals surface area contributed by atoms with Gasteiger partial charge in [-0.1, -0.05) is 77.6 Å². The summed E-state index contributed by atoms with van der Waals surface area (Å²) in [5.41, 5.74) is 7.55. The number of hydrogen-bond donors (Lipinski definition) is 1. The third kappa shape index (κ3) is 9.48. The predicted molar refractivity (Wildman–Crippen MR) is 218 cm³/mol. The maximum Gasteiger partial charge on any atom is 0.252 e. The SMILES string of the molecule is CCC(CC)C(=O)/C=C(\O)C(CC)CC.[C-]#[N+]C(C)(C)c1cc(C)c(-c2cc3ccnc(-c4[c-]c5ccccc5c(C(C)(C)C)c4)c3s2)c(C)c1.[Ir]. The van der Waals surface area contributed by atoms with Crippen LogP contribution in [0.15, 0.2) is 72.6 Å². The van der Waals surface area contributed by atoms with Gasteiger partial charge in [0.2, 0.25) is 0 Å². The fraction of sp³-hybridized carbons (Fsp3) is 0.413. The molecule has 0 aliphatic rings. The summed E-state index contributed by atoms with van der Waals surface area (Å²) in [5.74, 6) is 0.547. The van der Waals surface area contributed by atoms with Crippen LogP contribution in [0.25, 0.3) is 47.4 Å². The largest absolute Gasteiger partial charge is 0.512 e. The number of benzene rings is 3. The van der Waals surface area contributed by atoms with E-state index in [0.29, 0.717) is 0 Å². The van der Waals surface area contributed by atoms with Crippen LogP contribution in [-0.2, 0) is 35.9 Å². The summed E-state index contributed by atoms with van der Waals surface area (Å²) in [6.07, 6.45) is 6.82. The number of fused-ring (bicyclic) bond motifs is 2. The molecule has 0 aliphatic carbocycles. The minimum atomic E-state index is -0.526. The molecule has 0 bridgehead atoms. The minimum Gasteiger partial charge on any atom is -0.512 e. The number of aromatic nitrogens is 1. The number of hydrogen-bond acceptors (Lipinski definition) is 4. The zero-order valence-electron chi connectivity index (χ0n) is 32.8. The Morgan fingerprint density at radius 3 is 2.08 bits per heavy atom.